The summed E-state index contributed by atoms with van der Waals surface area (Å²) in [5, 5.41) is 0. The topological polar surface area (TPSA) is 0 Å². The minimum absolute atomic E-state index is 0. The molecule has 0 bridgehead atoms. The smallest absolute Gasteiger partial charge is 1.00 e. The molecule has 0 N–H and O–H groups in total. The van der Waals surface area contributed by atoms with Crippen molar-refractivity contribution >= 4 is 0 Å². The summed E-state index contributed by atoms with van der Waals surface area (Å²) in [6.07, 6.45) is 5.27. The molecule has 5 rings (SSSR count). The summed E-state index contributed by atoms with van der Waals surface area (Å²) in [5.74, 6) is 0.628. The van der Waals surface area contributed by atoms with Crippen molar-refractivity contribution in [2.45, 2.75) is 92.0 Å². The molecule has 1 aliphatic heterocycles. The third-order valence-electron chi connectivity index (χ3n) is 8.76. The van der Waals surface area contributed by atoms with E-state index in [1.54, 1.807) is 16.7 Å². The summed E-state index contributed by atoms with van der Waals surface area (Å²) in [5.41, 5.74) is 11.5. The quantitative estimate of drug-likeness (QED) is 0.490. The van der Waals surface area contributed by atoms with Crippen LogP contribution in [0.25, 0.3) is 11.1 Å². The van der Waals surface area contributed by atoms with Gasteiger partial charge in [0.2, 0.25) is 0 Å². The number of benzene rings is 2. The SMILES string of the molecule is CC1C=C(C(C)(C)C)C=[C]1[Zr+2]1([CH]2c3ccc(C(C)(C)C)cc3-c3cc(C(C)(C)C)ccc32)[CH2][CH2]1.[Cl-].[Cl-]. The van der Waals surface area contributed by atoms with E-state index in [9.17, 15) is 0 Å². The Balaban J connectivity index is 0.00000180. The molecule has 2 aliphatic carbocycles. The monoisotopic (exact) mass is 600 g/mol. The summed E-state index contributed by atoms with van der Waals surface area (Å²) in [7, 11) is 0. The van der Waals surface area contributed by atoms with Crippen molar-refractivity contribution < 1.29 is 45.1 Å². The average molecular weight is 603 g/mol. The number of allylic oxidation sites excluding steroid dienone is 4. The van der Waals surface area contributed by atoms with Crippen LogP contribution in [0.4, 0.5) is 0 Å². The summed E-state index contributed by atoms with van der Waals surface area (Å²) < 4.78 is 5.61. The molecular weight excluding hydrogens is 558 g/mol. The van der Waals surface area contributed by atoms with Crippen LogP contribution in [0.2, 0.25) is 8.26 Å². The number of rotatable bonds is 2. The first-order valence-corrected chi connectivity index (χ1v) is 19.5. The minimum atomic E-state index is -2.55. The third-order valence-corrected chi connectivity index (χ3v) is 21.2. The van der Waals surface area contributed by atoms with Crippen LogP contribution in [0.5, 0.6) is 0 Å². The Morgan fingerprint density at radius 3 is 1.44 bits per heavy atom. The van der Waals surface area contributed by atoms with Gasteiger partial charge in [-0.15, -0.1) is 0 Å². The molecule has 36 heavy (non-hydrogen) atoms. The van der Waals surface area contributed by atoms with Crippen LogP contribution in [0.3, 0.4) is 0 Å². The maximum absolute atomic E-state index is 2.68. The van der Waals surface area contributed by atoms with Gasteiger partial charge in [-0.3, -0.25) is 0 Å². The molecule has 0 aromatic heterocycles. The molecule has 3 aliphatic rings. The van der Waals surface area contributed by atoms with Gasteiger partial charge in [-0.2, -0.15) is 0 Å². The van der Waals surface area contributed by atoms with E-state index < -0.39 is 20.3 Å². The summed E-state index contributed by atoms with van der Waals surface area (Å²) in [6.45, 7) is 23.7. The van der Waals surface area contributed by atoms with E-state index in [0.29, 0.717) is 9.54 Å². The second kappa shape index (κ2) is 9.54. The van der Waals surface area contributed by atoms with E-state index >= 15 is 0 Å². The number of fused-ring (bicyclic) bond motifs is 3. The molecule has 1 atom stereocenters. The molecule has 2 aromatic rings. The van der Waals surface area contributed by atoms with Gasteiger partial charge in [-0.1, -0.05) is 0 Å². The van der Waals surface area contributed by atoms with Gasteiger partial charge in [0.15, 0.2) is 0 Å². The van der Waals surface area contributed by atoms with E-state index in [1.165, 1.54) is 30.5 Å². The van der Waals surface area contributed by atoms with Gasteiger partial charge in [0.05, 0.1) is 0 Å². The Hall–Kier alpha value is -0.617. The zero-order valence-corrected chi connectivity index (χ0v) is 27.9. The van der Waals surface area contributed by atoms with E-state index in [1.807, 2.05) is 3.28 Å². The molecule has 1 unspecified atom stereocenters. The number of hydrogen-bond acceptors (Lipinski definition) is 0. The molecule has 1 fully saturated rings. The van der Waals surface area contributed by atoms with Crippen LogP contribution >= 0.6 is 0 Å². The fraction of sp³-hybridized carbons (Fsp3) is 0.515. The maximum atomic E-state index is 2.68. The fourth-order valence-electron chi connectivity index (χ4n) is 6.43. The van der Waals surface area contributed by atoms with Crippen LogP contribution in [-0.2, 0) is 31.1 Å². The van der Waals surface area contributed by atoms with Crippen molar-refractivity contribution in [3.8, 4) is 11.1 Å². The second-order valence-electron chi connectivity index (χ2n) is 14.5. The van der Waals surface area contributed by atoms with Crippen LogP contribution in [-0.4, -0.2) is 0 Å². The maximum Gasteiger partial charge on any atom is -1.00 e. The van der Waals surface area contributed by atoms with Crippen molar-refractivity contribution in [1.29, 1.82) is 0 Å². The predicted octanol–water partition coefficient (Wildman–Crippen LogP) is 3.87. The second-order valence-corrected chi connectivity index (χ2v) is 25.4. The molecule has 1 saturated heterocycles. The standard InChI is InChI=1S/C21H25.C10H15.C2H4.2ClH.Zr/c1-20(2,3)16-9-7-14-11-15-8-10-17(21(4,5)6)13-19(15)18(14)12-16;1-8-5-6-9(7-8)10(2,3)4;1-2;;;/h7-13H,1-6H3;6-8H,1-4H3;1-2H2;2*1H;/q;;;;;+2/p-2. The van der Waals surface area contributed by atoms with Gasteiger partial charge in [0.25, 0.3) is 0 Å². The number of hydrogen-bond donors (Lipinski definition) is 0. The van der Waals surface area contributed by atoms with Crippen molar-refractivity contribution in [3.05, 3.63) is 79.7 Å². The third kappa shape index (κ3) is 4.92. The van der Waals surface area contributed by atoms with Gasteiger partial charge in [-0.05, 0) is 0 Å². The summed E-state index contributed by atoms with van der Waals surface area (Å²) >= 11 is -2.55. The Labute approximate surface area is 237 Å². The summed E-state index contributed by atoms with van der Waals surface area (Å²) in [6, 6.07) is 15.0. The van der Waals surface area contributed by atoms with Crippen LogP contribution < -0.4 is 24.8 Å². The first kappa shape index (κ1) is 29.9. The Bertz CT molecular complexity index is 1160. The zero-order valence-electron chi connectivity index (χ0n) is 23.9. The van der Waals surface area contributed by atoms with E-state index in [2.05, 4.69) is 118 Å². The predicted molar refractivity (Wildman–Crippen MR) is 146 cm³/mol. The molecule has 194 valence electrons. The van der Waals surface area contributed by atoms with E-state index in [0.717, 1.165) is 0 Å². The van der Waals surface area contributed by atoms with Crippen molar-refractivity contribution in [2.75, 3.05) is 0 Å². The molecule has 0 saturated carbocycles. The van der Waals surface area contributed by atoms with Crippen LogP contribution in [0.1, 0.15) is 95.1 Å². The molecule has 0 radical (unpaired) electrons. The first-order chi connectivity index (χ1) is 15.6. The van der Waals surface area contributed by atoms with Gasteiger partial charge < -0.3 is 24.8 Å². The molecule has 0 spiro atoms. The van der Waals surface area contributed by atoms with Crippen LogP contribution in [0, 0.1) is 11.3 Å². The molecular formula is C33H44Cl2Zr. The van der Waals surface area contributed by atoms with Crippen molar-refractivity contribution in [2.24, 2.45) is 11.3 Å². The Kier molecular flexibility index (Phi) is 7.93. The van der Waals surface area contributed by atoms with Gasteiger partial charge in [0.1, 0.15) is 0 Å². The summed E-state index contributed by atoms with van der Waals surface area (Å²) in [4.78, 5) is 0. The number of halogens is 2. The normalized spacial score (nSPS) is 19.7. The average Bonchev–Trinajstić information content (AvgIpc) is 3.28. The molecule has 3 heteroatoms. The first-order valence-electron chi connectivity index (χ1n) is 13.4. The fourth-order valence-corrected chi connectivity index (χ4v) is 22.4. The van der Waals surface area contributed by atoms with E-state index in [-0.39, 0.29) is 41.1 Å². The van der Waals surface area contributed by atoms with Gasteiger partial charge in [0, 0.05) is 0 Å². The molecule has 2 aromatic carbocycles. The molecule has 1 heterocycles. The largest absolute Gasteiger partial charge is 1.00 e. The minimum Gasteiger partial charge on any atom is -1.00 e. The van der Waals surface area contributed by atoms with Gasteiger partial charge >= 0.3 is 214 Å². The Morgan fingerprint density at radius 2 is 1.11 bits per heavy atom. The van der Waals surface area contributed by atoms with Crippen LogP contribution in [0.15, 0.2) is 57.4 Å². The molecule has 0 amide bonds. The Morgan fingerprint density at radius 1 is 0.667 bits per heavy atom. The van der Waals surface area contributed by atoms with E-state index in [4.69, 9.17) is 0 Å². The van der Waals surface area contributed by atoms with Crippen molar-refractivity contribution in [3.63, 3.8) is 0 Å². The van der Waals surface area contributed by atoms with Gasteiger partial charge in [-0.25, -0.2) is 0 Å². The van der Waals surface area contributed by atoms with Crippen molar-refractivity contribution in [1.82, 2.24) is 0 Å². The molecule has 0 nitrogen and oxygen atoms in total. The zero-order chi connectivity index (χ0) is 24.8.